The van der Waals surface area contributed by atoms with Gasteiger partial charge in [-0.1, -0.05) is 19.9 Å². The molecule has 1 saturated heterocycles. The number of fused-ring (bicyclic) bond motifs is 4. The highest BCUT2D eigenvalue weighted by atomic mass is 32.1. The molecule has 30 heavy (non-hydrogen) atoms. The minimum absolute atomic E-state index is 0.0283. The molecule has 0 spiro atoms. The third-order valence-corrected chi connectivity index (χ3v) is 6.40. The van der Waals surface area contributed by atoms with Gasteiger partial charge in [0.1, 0.15) is 0 Å². The van der Waals surface area contributed by atoms with Crippen molar-refractivity contribution in [2.24, 2.45) is 5.92 Å². The molecule has 0 aliphatic carbocycles. The Morgan fingerprint density at radius 2 is 1.90 bits per heavy atom. The van der Waals surface area contributed by atoms with E-state index in [1.54, 1.807) is 6.07 Å². The van der Waals surface area contributed by atoms with E-state index in [0.717, 1.165) is 64.2 Å². The van der Waals surface area contributed by atoms with E-state index in [9.17, 15) is 9.59 Å². The number of piperidine rings is 1. The average molecular weight is 434 g/mol. The number of carbonyl (C=O) groups excluding carboxylic acids is 1. The Morgan fingerprint density at radius 1 is 1.13 bits per heavy atom. The van der Waals surface area contributed by atoms with E-state index in [0.29, 0.717) is 23.5 Å². The summed E-state index contributed by atoms with van der Waals surface area (Å²) in [7, 11) is 0. The van der Waals surface area contributed by atoms with Crippen molar-refractivity contribution in [3.63, 3.8) is 0 Å². The molecule has 1 amide bonds. The number of nitrogens with zero attached hydrogens (tertiary/aromatic N) is 3. The monoisotopic (exact) mass is 433 g/mol. The van der Waals surface area contributed by atoms with E-state index in [-0.39, 0.29) is 18.0 Å². The van der Waals surface area contributed by atoms with Crippen molar-refractivity contribution >= 4 is 23.2 Å². The molecule has 2 aliphatic rings. The highest BCUT2D eigenvalue weighted by molar-refractivity contribution is 7.80. The van der Waals surface area contributed by atoms with Gasteiger partial charge in [0, 0.05) is 50.4 Å². The summed E-state index contributed by atoms with van der Waals surface area (Å²) in [6.45, 7) is 10.6. The molecule has 7 nitrogen and oxygen atoms in total. The fraction of sp³-hybridized carbons (Fsp3) is 0.682. The smallest absolute Gasteiger partial charge is 0.250 e. The first kappa shape index (κ1) is 22.7. The molecule has 2 unspecified atom stereocenters. The van der Waals surface area contributed by atoms with Crippen molar-refractivity contribution in [3.8, 4) is 0 Å². The first-order valence-corrected chi connectivity index (χ1v) is 11.6. The van der Waals surface area contributed by atoms with Crippen LogP contribution in [0.1, 0.15) is 44.7 Å². The van der Waals surface area contributed by atoms with Crippen molar-refractivity contribution in [2.45, 2.75) is 45.6 Å². The lowest BCUT2D eigenvalue weighted by atomic mass is 9.83. The first-order valence-electron chi connectivity index (χ1n) is 11.2. The summed E-state index contributed by atoms with van der Waals surface area (Å²) < 4.78 is 1.92. The van der Waals surface area contributed by atoms with Gasteiger partial charge >= 0.3 is 0 Å². The van der Waals surface area contributed by atoms with Crippen LogP contribution in [0.5, 0.6) is 0 Å². The van der Waals surface area contributed by atoms with Crippen LogP contribution in [0.4, 0.5) is 0 Å². The summed E-state index contributed by atoms with van der Waals surface area (Å²) in [5.74, 6) is 0.690. The lowest BCUT2D eigenvalue weighted by molar-refractivity contribution is -0.120. The summed E-state index contributed by atoms with van der Waals surface area (Å²) in [5, 5.41) is 6.75. The highest BCUT2D eigenvalue weighted by Crippen LogP contribution is 2.34. The van der Waals surface area contributed by atoms with Crippen LogP contribution in [0, 0.1) is 5.92 Å². The van der Waals surface area contributed by atoms with E-state index in [1.807, 2.05) is 10.6 Å². The van der Waals surface area contributed by atoms with E-state index in [1.165, 1.54) is 0 Å². The van der Waals surface area contributed by atoms with E-state index >= 15 is 0 Å². The number of hydrogen-bond acceptors (Lipinski definition) is 4. The predicted octanol–water partition coefficient (Wildman–Crippen LogP) is 1.38. The Balaban J connectivity index is 1.43. The van der Waals surface area contributed by atoms with Gasteiger partial charge < -0.3 is 25.0 Å². The van der Waals surface area contributed by atoms with Crippen molar-refractivity contribution in [1.82, 2.24) is 25.0 Å². The number of carbonyl (C=O) groups is 1. The van der Waals surface area contributed by atoms with Crippen molar-refractivity contribution in [2.75, 3.05) is 45.8 Å². The van der Waals surface area contributed by atoms with Crippen LogP contribution < -0.4 is 16.2 Å². The number of likely N-dealkylation sites (tertiary alicyclic amines) is 1. The molecule has 0 saturated carbocycles. The van der Waals surface area contributed by atoms with Crippen LogP contribution in [0.2, 0.25) is 0 Å². The molecule has 0 radical (unpaired) electrons. The highest BCUT2D eigenvalue weighted by Gasteiger charge is 2.35. The van der Waals surface area contributed by atoms with Gasteiger partial charge in [0.25, 0.3) is 5.56 Å². The van der Waals surface area contributed by atoms with Gasteiger partial charge in [-0.3, -0.25) is 9.59 Å². The summed E-state index contributed by atoms with van der Waals surface area (Å²) in [6.07, 6.45) is 3.34. The van der Waals surface area contributed by atoms with Crippen LogP contribution in [0.15, 0.2) is 23.0 Å². The Hall–Kier alpha value is -1.93. The first-order chi connectivity index (χ1) is 14.5. The summed E-state index contributed by atoms with van der Waals surface area (Å²) in [6, 6.07) is 5.53. The van der Waals surface area contributed by atoms with Crippen LogP contribution in [0.3, 0.4) is 0 Å². The molecule has 3 heterocycles. The molecular weight excluding hydrogens is 398 g/mol. The minimum Gasteiger partial charge on any atom is -0.354 e. The number of rotatable bonds is 9. The standard InChI is InChI=1S/C22H35N5O2S/c1-3-9-25(10-4-2)11-8-23-20(28)13-24-22(30)26-14-17-12-18(16-26)19-6-5-7-21(29)27(19)15-17/h5-7,17-18H,3-4,8-16H2,1-2H3,(H,23,28)(H,24,30). The molecular formula is C22H35N5O2S. The quantitative estimate of drug-likeness (QED) is 0.574. The molecule has 1 aromatic rings. The number of hydrogen-bond donors (Lipinski definition) is 2. The zero-order valence-corrected chi connectivity index (χ0v) is 19.0. The molecule has 2 aliphatic heterocycles. The van der Waals surface area contributed by atoms with Gasteiger partial charge in [-0.2, -0.15) is 0 Å². The minimum atomic E-state index is -0.0283. The normalized spacial score (nSPS) is 20.0. The SMILES string of the molecule is CCCN(CCC)CCNC(=O)CNC(=S)N1CC2CC(C1)c1cccc(=O)n1C2. The number of pyridine rings is 1. The van der Waals surface area contributed by atoms with Crippen LogP contribution in [-0.2, 0) is 11.3 Å². The molecule has 8 heteroatoms. The molecule has 2 N–H and O–H groups in total. The zero-order valence-electron chi connectivity index (χ0n) is 18.2. The van der Waals surface area contributed by atoms with Crippen LogP contribution in [-0.4, -0.2) is 71.2 Å². The summed E-state index contributed by atoms with van der Waals surface area (Å²) >= 11 is 5.58. The Bertz CT molecular complexity index is 790. The number of thiocarbonyl (C=S) groups is 1. The molecule has 2 atom stereocenters. The summed E-state index contributed by atoms with van der Waals surface area (Å²) in [5.41, 5.74) is 1.19. The van der Waals surface area contributed by atoms with Gasteiger partial charge in [-0.05, 0) is 56.6 Å². The van der Waals surface area contributed by atoms with Crippen molar-refractivity contribution in [3.05, 3.63) is 34.2 Å². The largest absolute Gasteiger partial charge is 0.354 e. The Labute approximate surface area is 184 Å². The molecule has 0 aromatic carbocycles. The maximum Gasteiger partial charge on any atom is 0.250 e. The lowest BCUT2D eigenvalue weighted by Gasteiger charge is -2.43. The fourth-order valence-electron chi connectivity index (χ4n) is 4.71. The predicted molar refractivity (Wildman–Crippen MR) is 124 cm³/mol. The average Bonchev–Trinajstić information content (AvgIpc) is 2.73. The Morgan fingerprint density at radius 3 is 2.63 bits per heavy atom. The second-order valence-electron chi connectivity index (χ2n) is 8.45. The third kappa shape index (κ3) is 5.82. The van der Waals surface area contributed by atoms with E-state index in [2.05, 4.69) is 40.3 Å². The Kier molecular flexibility index (Phi) is 8.27. The third-order valence-electron chi connectivity index (χ3n) is 6.00. The lowest BCUT2D eigenvalue weighted by Crippen LogP contribution is -2.53. The van der Waals surface area contributed by atoms with Gasteiger partial charge in [0.2, 0.25) is 5.91 Å². The molecule has 2 bridgehead atoms. The number of nitrogens with one attached hydrogen (secondary N) is 2. The van der Waals surface area contributed by atoms with Crippen LogP contribution in [0.25, 0.3) is 0 Å². The van der Waals surface area contributed by atoms with Gasteiger partial charge in [-0.15, -0.1) is 0 Å². The number of aromatic nitrogens is 1. The summed E-state index contributed by atoms with van der Waals surface area (Å²) in [4.78, 5) is 28.9. The van der Waals surface area contributed by atoms with E-state index in [4.69, 9.17) is 12.2 Å². The molecule has 1 fully saturated rings. The maximum absolute atomic E-state index is 12.2. The topological polar surface area (TPSA) is 69.6 Å². The van der Waals surface area contributed by atoms with Crippen molar-refractivity contribution in [1.29, 1.82) is 0 Å². The van der Waals surface area contributed by atoms with E-state index < -0.39 is 0 Å². The maximum atomic E-state index is 12.2. The van der Waals surface area contributed by atoms with Crippen LogP contribution >= 0.6 is 12.2 Å². The second-order valence-corrected chi connectivity index (χ2v) is 8.84. The van der Waals surface area contributed by atoms with Gasteiger partial charge in [0.05, 0.1) is 6.54 Å². The molecule has 1 aromatic heterocycles. The van der Waals surface area contributed by atoms with Gasteiger partial charge in [0.15, 0.2) is 5.11 Å². The zero-order chi connectivity index (χ0) is 21.5. The van der Waals surface area contributed by atoms with Crippen molar-refractivity contribution < 1.29 is 4.79 Å². The fourth-order valence-corrected chi connectivity index (χ4v) is 4.94. The van der Waals surface area contributed by atoms with Gasteiger partial charge in [-0.25, -0.2) is 0 Å². The number of amides is 1. The molecule has 3 rings (SSSR count). The molecule has 166 valence electrons. The second kappa shape index (κ2) is 10.9.